The van der Waals surface area contributed by atoms with E-state index in [0.717, 1.165) is 37.9 Å². The van der Waals surface area contributed by atoms with Gasteiger partial charge in [-0.05, 0) is 74.7 Å². The number of hydrogen-bond donors (Lipinski definition) is 3. The molecule has 0 saturated carbocycles. The Hall–Kier alpha value is -3.83. The third kappa shape index (κ3) is 7.84. The highest BCUT2D eigenvalue weighted by molar-refractivity contribution is 9.10. The Morgan fingerprint density at radius 3 is 2.51 bits per heavy atom. The van der Waals surface area contributed by atoms with Gasteiger partial charge in [0.25, 0.3) is 0 Å². The Bertz CT molecular complexity index is 1710. The standard InChI is InChI=1S/C36H41BrFN5O3S/c1-4-18-42(35(46)39-5-2)19-6-17-40-34(45)36(47-28-14-7-24(3)8-15-28)21-32(44)43(23-25-9-11-26(37)12-10-25)33(36)30-22-41-31-20-27(38)13-16-29(30)31/h7-16,20,22,33,41H,4-6,17-19,21,23H2,1-3H3,(H,39,46)(H,40,45)/t33-,36-/m0/s1. The molecule has 0 bridgehead atoms. The number of nitrogens with zero attached hydrogens (tertiary/aromatic N) is 2. The largest absolute Gasteiger partial charge is 0.361 e. The lowest BCUT2D eigenvalue weighted by atomic mass is 9.91. The van der Waals surface area contributed by atoms with Gasteiger partial charge in [0, 0.05) is 64.8 Å². The number of urea groups is 1. The summed E-state index contributed by atoms with van der Waals surface area (Å²) in [6.07, 6.45) is 3.16. The number of hydrogen-bond acceptors (Lipinski definition) is 4. The van der Waals surface area contributed by atoms with E-state index in [9.17, 15) is 18.8 Å². The van der Waals surface area contributed by atoms with Crippen molar-refractivity contribution in [2.45, 2.75) is 62.3 Å². The zero-order valence-corrected chi connectivity index (χ0v) is 29.3. The summed E-state index contributed by atoms with van der Waals surface area (Å²) in [6, 6.07) is 19.5. The molecular formula is C36H41BrFN5O3S. The van der Waals surface area contributed by atoms with E-state index in [4.69, 9.17) is 0 Å². The highest BCUT2D eigenvalue weighted by Gasteiger charge is 2.58. The molecule has 3 aromatic carbocycles. The highest BCUT2D eigenvalue weighted by Crippen LogP contribution is 2.54. The molecule has 248 valence electrons. The molecule has 8 nitrogen and oxygen atoms in total. The molecule has 3 N–H and O–H groups in total. The first kappa shape index (κ1) is 34.5. The molecule has 11 heteroatoms. The Kier molecular flexibility index (Phi) is 11.3. The Balaban J connectivity index is 1.53. The van der Waals surface area contributed by atoms with E-state index in [1.54, 1.807) is 22.1 Å². The number of aryl methyl sites for hydroxylation is 1. The number of amides is 4. The van der Waals surface area contributed by atoms with Crippen LogP contribution in [-0.2, 0) is 16.1 Å². The van der Waals surface area contributed by atoms with Crippen molar-refractivity contribution in [2.24, 2.45) is 0 Å². The van der Waals surface area contributed by atoms with Crippen LogP contribution in [-0.4, -0.2) is 63.6 Å². The molecule has 1 saturated heterocycles. The molecule has 1 aliphatic heterocycles. The molecule has 0 spiro atoms. The molecule has 1 aliphatic rings. The molecule has 2 heterocycles. The van der Waals surface area contributed by atoms with Crippen LogP contribution in [0.1, 0.15) is 55.8 Å². The Morgan fingerprint density at radius 2 is 1.81 bits per heavy atom. The minimum Gasteiger partial charge on any atom is -0.361 e. The van der Waals surface area contributed by atoms with Crippen LogP contribution in [0.25, 0.3) is 10.9 Å². The fraction of sp³-hybridized carbons (Fsp3) is 0.361. The maximum Gasteiger partial charge on any atom is 0.317 e. The summed E-state index contributed by atoms with van der Waals surface area (Å²) in [5.41, 5.74) is 3.36. The fourth-order valence-corrected chi connectivity index (χ4v) is 7.86. The minimum absolute atomic E-state index is 0.0205. The summed E-state index contributed by atoms with van der Waals surface area (Å²) >= 11 is 4.89. The summed E-state index contributed by atoms with van der Waals surface area (Å²) in [6.45, 7) is 8.20. The third-order valence-electron chi connectivity index (χ3n) is 8.43. The van der Waals surface area contributed by atoms with E-state index in [-0.39, 0.29) is 30.1 Å². The number of thioether (sulfide) groups is 1. The van der Waals surface area contributed by atoms with Gasteiger partial charge in [0.05, 0.1) is 12.5 Å². The number of carbonyl (C=O) groups excluding carboxylic acids is 3. The van der Waals surface area contributed by atoms with Gasteiger partial charge >= 0.3 is 6.03 Å². The van der Waals surface area contributed by atoms with E-state index in [2.05, 4.69) is 31.5 Å². The number of likely N-dealkylation sites (tertiary alicyclic amines) is 1. The molecule has 0 radical (unpaired) electrons. The molecule has 1 fully saturated rings. The number of halogens is 2. The summed E-state index contributed by atoms with van der Waals surface area (Å²) in [5.74, 6) is -0.770. The van der Waals surface area contributed by atoms with E-state index >= 15 is 0 Å². The van der Waals surface area contributed by atoms with Crippen LogP contribution < -0.4 is 10.6 Å². The van der Waals surface area contributed by atoms with Crippen molar-refractivity contribution >= 4 is 56.4 Å². The average Bonchev–Trinajstić information content (AvgIpc) is 3.58. The third-order valence-corrected chi connectivity index (χ3v) is 10.4. The number of benzene rings is 3. The van der Waals surface area contributed by atoms with Gasteiger partial charge in [0.15, 0.2) is 0 Å². The highest BCUT2D eigenvalue weighted by atomic mass is 79.9. The minimum atomic E-state index is -1.24. The zero-order chi connectivity index (χ0) is 33.6. The normalized spacial score (nSPS) is 17.7. The topological polar surface area (TPSA) is 97.5 Å². The molecule has 4 amide bonds. The summed E-state index contributed by atoms with van der Waals surface area (Å²) in [7, 11) is 0. The van der Waals surface area contributed by atoms with E-state index in [1.165, 1.54) is 23.9 Å². The summed E-state index contributed by atoms with van der Waals surface area (Å²) in [5, 5.41) is 6.77. The number of rotatable bonds is 13. The predicted molar refractivity (Wildman–Crippen MR) is 189 cm³/mol. The van der Waals surface area contributed by atoms with Crippen LogP contribution in [0, 0.1) is 12.7 Å². The van der Waals surface area contributed by atoms with Crippen molar-refractivity contribution in [1.29, 1.82) is 0 Å². The first-order valence-corrected chi connectivity index (χ1v) is 17.6. The molecule has 5 rings (SSSR count). The second-order valence-electron chi connectivity index (χ2n) is 11.9. The van der Waals surface area contributed by atoms with Gasteiger partial charge in [0.2, 0.25) is 11.8 Å². The quantitative estimate of drug-likeness (QED) is 0.126. The molecule has 2 atom stereocenters. The van der Waals surface area contributed by atoms with Crippen LogP contribution >= 0.6 is 27.7 Å². The SMILES string of the molecule is CCCN(CCCNC(=O)[C@]1(Sc2ccc(C)cc2)CC(=O)N(Cc2ccc(Br)cc2)[C@H]1c1c[nH]c2cc(F)ccc12)C(=O)NCC. The van der Waals surface area contributed by atoms with Crippen molar-refractivity contribution in [3.8, 4) is 0 Å². The molecule has 1 aromatic heterocycles. The number of aromatic amines is 1. The second kappa shape index (κ2) is 15.4. The van der Waals surface area contributed by atoms with Gasteiger partial charge in [-0.2, -0.15) is 0 Å². The van der Waals surface area contributed by atoms with Crippen LogP contribution in [0.4, 0.5) is 9.18 Å². The lowest BCUT2D eigenvalue weighted by Gasteiger charge is -2.36. The fourth-order valence-electron chi connectivity index (χ4n) is 6.18. The monoisotopic (exact) mass is 721 g/mol. The van der Waals surface area contributed by atoms with Crippen LogP contribution in [0.3, 0.4) is 0 Å². The Labute approximate surface area is 288 Å². The number of nitrogens with one attached hydrogen (secondary N) is 3. The number of carbonyl (C=O) groups is 3. The van der Waals surface area contributed by atoms with Crippen LogP contribution in [0.15, 0.2) is 82.3 Å². The number of aromatic nitrogens is 1. The number of fused-ring (bicyclic) bond motifs is 1. The van der Waals surface area contributed by atoms with Crippen molar-refractivity contribution in [1.82, 2.24) is 25.4 Å². The molecular weight excluding hydrogens is 681 g/mol. The summed E-state index contributed by atoms with van der Waals surface area (Å²) < 4.78 is 14.0. The second-order valence-corrected chi connectivity index (χ2v) is 14.2. The first-order valence-electron chi connectivity index (χ1n) is 16.0. The van der Waals surface area contributed by atoms with Crippen molar-refractivity contribution in [2.75, 3.05) is 26.2 Å². The summed E-state index contributed by atoms with van der Waals surface area (Å²) in [4.78, 5) is 48.9. The first-order chi connectivity index (χ1) is 22.6. The lowest BCUT2D eigenvalue weighted by molar-refractivity contribution is -0.129. The van der Waals surface area contributed by atoms with Gasteiger partial charge in [-0.15, -0.1) is 11.8 Å². The van der Waals surface area contributed by atoms with Gasteiger partial charge < -0.3 is 25.4 Å². The average molecular weight is 723 g/mol. The van der Waals surface area contributed by atoms with E-state index < -0.39 is 10.8 Å². The van der Waals surface area contributed by atoms with E-state index in [1.807, 2.05) is 69.3 Å². The molecule has 47 heavy (non-hydrogen) atoms. The smallest absolute Gasteiger partial charge is 0.317 e. The van der Waals surface area contributed by atoms with Crippen molar-refractivity contribution in [3.63, 3.8) is 0 Å². The van der Waals surface area contributed by atoms with Gasteiger partial charge in [-0.3, -0.25) is 9.59 Å². The van der Waals surface area contributed by atoms with Crippen LogP contribution in [0.2, 0.25) is 0 Å². The van der Waals surface area contributed by atoms with Gasteiger partial charge in [-0.1, -0.05) is 52.7 Å². The van der Waals surface area contributed by atoms with E-state index in [0.29, 0.717) is 44.7 Å². The predicted octanol–water partition coefficient (Wildman–Crippen LogP) is 7.33. The van der Waals surface area contributed by atoms with Crippen molar-refractivity contribution < 1.29 is 18.8 Å². The Morgan fingerprint density at radius 1 is 1.06 bits per heavy atom. The van der Waals surface area contributed by atoms with Crippen molar-refractivity contribution in [3.05, 3.63) is 99.9 Å². The van der Waals surface area contributed by atoms with Crippen LogP contribution in [0.5, 0.6) is 0 Å². The molecule has 0 unspecified atom stereocenters. The maximum absolute atomic E-state index is 14.6. The van der Waals surface area contributed by atoms with Gasteiger partial charge in [0.1, 0.15) is 10.6 Å². The molecule has 4 aromatic rings. The van der Waals surface area contributed by atoms with Gasteiger partial charge in [-0.25, -0.2) is 9.18 Å². The lowest BCUT2D eigenvalue weighted by Crippen LogP contribution is -2.49. The maximum atomic E-state index is 14.6. The zero-order valence-electron chi connectivity index (χ0n) is 26.9. The molecule has 0 aliphatic carbocycles. The number of H-pyrrole nitrogens is 1.